The fourth-order valence-corrected chi connectivity index (χ4v) is 2.85. The van der Waals surface area contributed by atoms with Crippen LogP contribution >= 0.6 is 11.8 Å². The van der Waals surface area contributed by atoms with Crippen molar-refractivity contribution in [1.29, 1.82) is 0 Å². The number of furan rings is 1. The van der Waals surface area contributed by atoms with Crippen molar-refractivity contribution in [2.45, 2.75) is 16.7 Å². The van der Waals surface area contributed by atoms with Gasteiger partial charge in [-0.3, -0.25) is 10.1 Å². The number of benzene rings is 1. The first-order valence-electron chi connectivity index (χ1n) is 6.80. The molecule has 0 aliphatic carbocycles. The van der Waals surface area contributed by atoms with E-state index in [1.807, 2.05) is 0 Å². The second-order valence-electron chi connectivity index (χ2n) is 4.71. The number of nitro groups is 1. The molecule has 0 saturated carbocycles. The standard InChI is InChI=1S/C14H10F2N4O4S/c1-19-12(10-3-2-6-23-10)17-18-14(19)25-8-4-5-9(20(21)22)11(7-8)24-13(15)16/h2-7,13H,1H3. The van der Waals surface area contributed by atoms with Crippen LogP contribution in [0.5, 0.6) is 5.75 Å². The fourth-order valence-electron chi connectivity index (χ4n) is 2.03. The summed E-state index contributed by atoms with van der Waals surface area (Å²) in [7, 11) is 1.71. The molecule has 8 nitrogen and oxygen atoms in total. The summed E-state index contributed by atoms with van der Waals surface area (Å²) >= 11 is 1.09. The summed E-state index contributed by atoms with van der Waals surface area (Å²) in [6.07, 6.45) is 1.50. The molecule has 0 spiro atoms. The molecular formula is C14H10F2N4O4S. The van der Waals surface area contributed by atoms with Gasteiger partial charge < -0.3 is 13.7 Å². The Labute approximate surface area is 143 Å². The highest BCUT2D eigenvalue weighted by Crippen LogP contribution is 2.36. The summed E-state index contributed by atoms with van der Waals surface area (Å²) in [5, 5.41) is 19.4. The second-order valence-corrected chi connectivity index (χ2v) is 5.75. The summed E-state index contributed by atoms with van der Waals surface area (Å²) in [5.74, 6) is 0.490. The van der Waals surface area contributed by atoms with Crippen LogP contribution in [0.4, 0.5) is 14.5 Å². The lowest BCUT2D eigenvalue weighted by Crippen LogP contribution is -2.04. The van der Waals surface area contributed by atoms with Crippen LogP contribution < -0.4 is 4.74 Å². The Kier molecular flexibility index (Phi) is 4.65. The molecule has 0 fully saturated rings. The maximum absolute atomic E-state index is 12.5. The summed E-state index contributed by atoms with van der Waals surface area (Å²) < 4.78 is 36.1. The fraction of sp³-hybridized carbons (Fsp3) is 0.143. The van der Waals surface area contributed by atoms with Gasteiger partial charge in [-0.25, -0.2) is 0 Å². The first-order valence-corrected chi connectivity index (χ1v) is 7.61. The molecule has 0 saturated heterocycles. The van der Waals surface area contributed by atoms with E-state index in [0.717, 1.165) is 23.9 Å². The monoisotopic (exact) mass is 368 g/mol. The molecule has 2 aromatic heterocycles. The molecule has 2 heterocycles. The molecule has 0 amide bonds. The minimum absolute atomic E-state index is 0.433. The number of nitrogens with zero attached hydrogens (tertiary/aromatic N) is 4. The van der Waals surface area contributed by atoms with Gasteiger partial charge >= 0.3 is 12.3 Å². The topological polar surface area (TPSA) is 96.2 Å². The number of halogens is 2. The Morgan fingerprint density at radius 1 is 1.36 bits per heavy atom. The maximum Gasteiger partial charge on any atom is 0.387 e. The van der Waals surface area contributed by atoms with Crippen LogP contribution in [0, 0.1) is 10.1 Å². The van der Waals surface area contributed by atoms with Crippen molar-refractivity contribution in [2.24, 2.45) is 7.05 Å². The number of hydrogen-bond acceptors (Lipinski definition) is 7. The molecule has 0 unspecified atom stereocenters. The zero-order chi connectivity index (χ0) is 18.0. The second kappa shape index (κ2) is 6.89. The van der Waals surface area contributed by atoms with E-state index in [2.05, 4.69) is 14.9 Å². The molecule has 1 aromatic carbocycles. The zero-order valence-corrected chi connectivity index (χ0v) is 13.4. The number of rotatable bonds is 6. The van der Waals surface area contributed by atoms with Crippen LogP contribution in [0.1, 0.15) is 0 Å². The molecule has 3 rings (SSSR count). The highest BCUT2D eigenvalue weighted by molar-refractivity contribution is 7.99. The Hall–Kier alpha value is -2.95. The van der Waals surface area contributed by atoms with Gasteiger partial charge in [0.15, 0.2) is 16.7 Å². The van der Waals surface area contributed by atoms with Crippen molar-refractivity contribution in [1.82, 2.24) is 14.8 Å². The van der Waals surface area contributed by atoms with Gasteiger partial charge in [0.1, 0.15) is 0 Å². The average molecular weight is 368 g/mol. The molecule has 0 bridgehead atoms. The van der Waals surface area contributed by atoms with Crippen LogP contribution in [0.15, 0.2) is 51.1 Å². The van der Waals surface area contributed by atoms with E-state index in [0.29, 0.717) is 21.6 Å². The van der Waals surface area contributed by atoms with Gasteiger partial charge in [-0.2, -0.15) is 8.78 Å². The van der Waals surface area contributed by atoms with E-state index in [1.54, 1.807) is 23.7 Å². The predicted molar refractivity (Wildman–Crippen MR) is 82.6 cm³/mol. The third-order valence-corrected chi connectivity index (χ3v) is 4.16. The number of hydrogen-bond donors (Lipinski definition) is 0. The largest absolute Gasteiger partial charge is 0.461 e. The van der Waals surface area contributed by atoms with Crippen molar-refractivity contribution in [3.63, 3.8) is 0 Å². The SMILES string of the molecule is Cn1c(Sc2ccc([N+](=O)[O-])c(OC(F)F)c2)nnc1-c1ccco1. The lowest BCUT2D eigenvalue weighted by atomic mass is 10.3. The number of alkyl halides is 2. The number of nitro benzene ring substituents is 1. The summed E-state index contributed by atoms with van der Waals surface area (Å²) in [5.41, 5.74) is -0.543. The van der Waals surface area contributed by atoms with Gasteiger partial charge in [0.05, 0.1) is 11.2 Å². The lowest BCUT2D eigenvalue weighted by Gasteiger charge is -2.07. The van der Waals surface area contributed by atoms with Crippen molar-refractivity contribution in [3.8, 4) is 17.3 Å². The van der Waals surface area contributed by atoms with Gasteiger partial charge in [-0.1, -0.05) is 0 Å². The normalized spacial score (nSPS) is 11.0. The Bertz CT molecular complexity index is 898. The Balaban J connectivity index is 1.89. The van der Waals surface area contributed by atoms with E-state index in [-0.39, 0.29) is 0 Å². The third-order valence-electron chi connectivity index (χ3n) is 3.13. The van der Waals surface area contributed by atoms with Crippen LogP contribution in [0.2, 0.25) is 0 Å². The van der Waals surface area contributed by atoms with Gasteiger partial charge in [0.2, 0.25) is 5.75 Å². The van der Waals surface area contributed by atoms with Crippen LogP contribution in [-0.4, -0.2) is 26.3 Å². The molecule has 130 valence electrons. The molecule has 11 heteroatoms. The summed E-state index contributed by atoms with van der Waals surface area (Å²) in [6.45, 7) is -3.17. The minimum Gasteiger partial charge on any atom is -0.461 e. The first kappa shape index (κ1) is 16.9. The van der Waals surface area contributed by atoms with Crippen molar-refractivity contribution in [3.05, 3.63) is 46.7 Å². The van der Waals surface area contributed by atoms with Gasteiger partial charge in [-0.05, 0) is 30.0 Å². The van der Waals surface area contributed by atoms with E-state index in [4.69, 9.17) is 4.42 Å². The molecule has 0 radical (unpaired) electrons. The first-order chi connectivity index (χ1) is 12.0. The molecule has 25 heavy (non-hydrogen) atoms. The zero-order valence-electron chi connectivity index (χ0n) is 12.6. The van der Waals surface area contributed by atoms with E-state index in [9.17, 15) is 18.9 Å². The Morgan fingerprint density at radius 3 is 2.80 bits per heavy atom. The molecule has 0 aliphatic rings. The summed E-state index contributed by atoms with van der Waals surface area (Å²) in [6, 6.07) is 7.11. The minimum atomic E-state index is -3.17. The van der Waals surface area contributed by atoms with E-state index >= 15 is 0 Å². The highest BCUT2D eigenvalue weighted by atomic mass is 32.2. The quantitative estimate of drug-likeness (QED) is 0.483. The van der Waals surface area contributed by atoms with E-state index in [1.165, 1.54) is 12.3 Å². The smallest absolute Gasteiger partial charge is 0.387 e. The van der Waals surface area contributed by atoms with Gasteiger partial charge in [0.25, 0.3) is 0 Å². The van der Waals surface area contributed by atoms with Crippen molar-refractivity contribution in [2.75, 3.05) is 0 Å². The lowest BCUT2D eigenvalue weighted by molar-refractivity contribution is -0.386. The Morgan fingerprint density at radius 2 is 2.16 bits per heavy atom. The molecule has 0 N–H and O–H groups in total. The van der Waals surface area contributed by atoms with E-state index < -0.39 is 23.0 Å². The average Bonchev–Trinajstić information content (AvgIpc) is 3.17. The highest BCUT2D eigenvalue weighted by Gasteiger charge is 2.20. The van der Waals surface area contributed by atoms with Crippen LogP contribution in [0.25, 0.3) is 11.6 Å². The van der Waals surface area contributed by atoms with Crippen molar-refractivity contribution < 1.29 is 22.9 Å². The molecule has 0 atom stereocenters. The maximum atomic E-state index is 12.5. The molecular weight excluding hydrogens is 358 g/mol. The number of ether oxygens (including phenoxy) is 1. The molecule has 3 aromatic rings. The predicted octanol–water partition coefficient (Wildman–Crippen LogP) is 3.74. The van der Waals surface area contributed by atoms with Gasteiger partial charge in [0, 0.05) is 24.1 Å². The molecule has 0 aliphatic heterocycles. The van der Waals surface area contributed by atoms with Crippen LogP contribution in [-0.2, 0) is 7.05 Å². The van der Waals surface area contributed by atoms with Gasteiger partial charge in [-0.15, -0.1) is 10.2 Å². The number of aromatic nitrogens is 3. The van der Waals surface area contributed by atoms with Crippen molar-refractivity contribution >= 4 is 17.4 Å². The summed E-state index contributed by atoms with van der Waals surface area (Å²) in [4.78, 5) is 10.5. The third kappa shape index (κ3) is 3.60. The van der Waals surface area contributed by atoms with Crippen LogP contribution in [0.3, 0.4) is 0 Å².